The molecule has 2 N–H and O–H groups in total. The molecular formula is C15H18N4O. The van der Waals surface area contributed by atoms with Crippen LogP contribution in [0, 0.1) is 0 Å². The van der Waals surface area contributed by atoms with Crippen LogP contribution in [0.25, 0.3) is 0 Å². The lowest BCUT2D eigenvalue weighted by molar-refractivity contribution is 0.396. The minimum absolute atomic E-state index is 0.502. The standard InChI is InChI=1S/C15H18N4O/c1-20-14-8-9-17-15(18-14)19(12-6-7-12)10-11-4-2-3-5-13(11)16/h2-5,8-9,12H,6-7,10,16H2,1H3. The molecule has 0 radical (unpaired) electrons. The van der Waals surface area contributed by atoms with Gasteiger partial charge in [-0.1, -0.05) is 18.2 Å². The predicted octanol–water partition coefficient (Wildman–Crippen LogP) is 2.24. The summed E-state index contributed by atoms with van der Waals surface area (Å²) in [5.41, 5.74) is 7.94. The fourth-order valence-electron chi connectivity index (χ4n) is 2.20. The number of rotatable bonds is 5. The largest absolute Gasteiger partial charge is 0.481 e. The van der Waals surface area contributed by atoms with Crippen molar-refractivity contribution in [3.8, 4) is 5.88 Å². The maximum absolute atomic E-state index is 6.03. The van der Waals surface area contributed by atoms with Crippen LogP contribution in [0.15, 0.2) is 36.5 Å². The Morgan fingerprint density at radius 2 is 2.10 bits per heavy atom. The van der Waals surface area contributed by atoms with E-state index in [0.717, 1.165) is 17.8 Å². The van der Waals surface area contributed by atoms with Crippen LogP contribution in [-0.2, 0) is 6.54 Å². The first-order valence-electron chi connectivity index (χ1n) is 6.75. The number of benzene rings is 1. The predicted molar refractivity (Wildman–Crippen MR) is 78.6 cm³/mol. The second-order valence-corrected chi connectivity index (χ2v) is 4.96. The number of methoxy groups -OCH3 is 1. The van der Waals surface area contributed by atoms with Gasteiger partial charge in [-0.15, -0.1) is 0 Å². The van der Waals surface area contributed by atoms with E-state index in [0.29, 0.717) is 17.9 Å². The summed E-state index contributed by atoms with van der Waals surface area (Å²) < 4.78 is 5.18. The summed E-state index contributed by atoms with van der Waals surface area (Å²) in [4.78, 5) is 11.0. The molecule has 1 aliphatic carbocycles. The van der Waals surface area contributed by atoms with Crippen LogP contribution in [0.2, 0.25) is 0 Å². The summed E-state index contributed by atoms with van der Waals surface area (Å²) in [5, 5.41) is 0. The molecule has 0 amide bonds. The Morgan fingerprint density at radius 3 is 2.80 bits per heavy atom. The number of ether oxygens (including phenoxy) is 1. The molecule has 5 heteroatoms. The van der Waals surface area contributed by atoms with Gasteiger partial charge in [-0.05, 0) is 24.5 Å². The Kier molecular flexibility index (Phi) is 3.41. The van der Waals surface area contributed by atoms with E-state index in [1.54, 1.807) is 19.4 Å². The molecule has 3 rings (SSSR count). The second-order valence-electron chi connectivity index (χ2n) is 4.96. The van der Waals surface area contributed by atoms with E-state index in [9.17, 15) is 0 Å². The Morgan fingerprint density at radius 1 is 1.30 bits per heavy atom. The van der Waals surface area contributed by atoms with E-state index in [2.05, 4.69) is 14.9 Å². The zero-order chi connectivity index (χ0) is 13.9. The molecule has 104 valence electrons. The zero-order valence-electron chi connectivity index (χ0n) is 11.5. The van der Waals surface area contributed by atoms with Gasteiger partial charge in [0.1, 0.15) is 0 Å². The summed E-state index contributed by atoms with van der Waals surface area (Å²) in [6.07, 6.45) is 4.07. The van der Waals surface area contributed by atoms with Gasteiger partial charge < -0.3 is 15.4 Å². The zero-order valence-corrected chi connectivity index (χ0v) is 11.5. The number of anilines is 2. The molecule has 1 aromatic carbocycles. The number of nitrogens with two attached hydrogens (primary N) is 1. The summed E-state index contributed by atoms with van der Waals surface area (Å²) in [6.45, 7) is 0.727. The van der Waals surface area contributed by atoms with Gasteiger partial charge in [0.2, 0.25) is 11.8 Å². The summed E-state index contributed by atoms with van der Waals surface area (Å²) in [5.74, 6) is 1.29. The first-order valence-corrected chi connectivity index (χ1v) is 6.75. The van der Waals surface area contributed by atoms with Gasteiger partial charge >= 0.3 is 0 Å². The van der Waals surface area contributed by atoms with Gasteiger partial charge in [-0.2, -0.15) is 4.98 Å². The Hall–Kier alpha value is -2.30. The molecule has 2 aromatic rings. The Labute approximate surface area is 118 Å². The molecule has 0 bridgehead atoms. The van der Waals surface area contributed by atoms with Crippen LogP contribution in [0.1, 0.15) is 18.4 Å². The van der Waals surface area contributed by atoms with Crippen molar-refractivity contribution in [2.75, 3.05) is 17.7 Å². The van der Waals surface area contributed by atoms with Crippen molar-refractivity contribution in [2.45, 2.75) is 25.4 Å². The third-order valence-electron chi connectivity index (χ3n) is 3.47. The summed E-state index contributed by atoms with van der Waals surface area (Å²) in [7, 11) is 1.61. The van der Waals surface area contributed by atoms with E-state index in [1.807, 2.05) is 24.3 Å². The van der Waals surface area contributed by atoms with Gasteiger partial charge in [0.05, 0.1) is 7.11 Å². The number of para-hydroxylation sites is 1. The van der Waals surface area contributed by atoms with E-state index in [4.69, 9.17) is 10.5 Å². The van der Waals surface area contributed by atoms with Gasteiger partial charge in [-0.3, -0.25) is 0 Å². The van der Waals surface area contributed by atoms with E-state index in [-0.39, 0.29) is 0 Å². The Balaban J connectivity index is 1.87. The molecule has 1 heterocycles. The quantitative estimate of drug-likeness (QED) is 0.844. The van der Waals surface area contributed by atoms with Crippen LogP contribution in [0.3, 0.4) is 0 Å². The normalized spacial score (nSPS) is 14.1. The molecule has 1 aromatic heterocycles. The lowest BCUT2D eigenvalue weighted by atomic mass is 10.1. The molecule has 1 saturated carbocycles. The number of nitrogen functional groups attached to an aromatic ring is 1. The lowest BCUT2D eigenvalue weighted by Crippen LogP contribution is -2.27. The number of nitrogens with zero attached hydrogens (tertiary/aromatic N) is 3. The summed E-state index contributed by atoms with van der Waals surface area (Å²) >= 11 is 0. The third-order valence-corrected chi connectivity index (χ3v) is 3.47. The number of aromatic nitrogens is 2. The van der Waals surface area contributed by atoms with Crippen molar-refractivity contribution >= 4 is 11.6 Å². The average Bonchev–Trinajstić information content (AvgIpc) is 3.31. The van der Waals surface area contributed by atoms with Crippen LogP contribution in [-0.4, -0.2) is 23.1 Å². The topological polar surface area (TPSA) is 64.3 Å². The smallest absolute Gasteiger partial charge is 0.229 e. The monoisotopic (exact) mass is 270 g/mol. The van der Waals surface area contributed by atoms with Crippen LogP contribution in [0.5, 0.6) is 5.88 Å². The van der Waals surface area contributed by atoms with Gasteiger partial charge in [0, 0.05) is 30.5 Å². The highest BCUT2D eigenvalue weighted by Crippen LogP contribution is 2.32. The van der Waals surface area contributed by atoms with Crippen molar-refractivity contribution in [3.05, 3.63) is 42.1 Å². The van der Waals surface area contributed by atoms with E-state index < -0.39 is 0 Å². The maximum Gasteiger partial charge on any atom is 0.229 e. The van der Waals surface area contributed by atoms with Crippen LogP contribution in [0.4, 0.5) is 11.6 Å². The molecule has 20 heavy (non-hydrogen) atoms. The van der Waals surface area contributed by atoms with Crippen LogP contribution < -0.4 is 15.4 Å². The van der Waals surface area contributed by atoms with E-state index in [1.165, 1.54) is 12.8 Å². The minimum atomic E-state index is 0.502. The average molecular weight is 270 g/mol. The van der Waals surface area contributed by atoms with Crippen molar-refractivity contribution in [1.82, 2.24) is 9.97 Å². The Bertz CT molecular complexity index is 598. The van der Waals surface area contributed by atoms with Gasteiger partial charge in [0.25, 0.3) is 0 Å². The third kappa shape index (κ3) is 2.66. The highest BCUT2D eigenvalue weighted by atomic mass is 16.5. The second kappa shape index (κ2) is 5.36. The molecule has 1 fully saturated rings. The maximum atomic E-state index is 6.03. The van der Waals surface area contributed by atoms with Gasteiger partial charge in [-0.25, -0.2) is 4.98 Å². The van der Waals surface area contributed by atoms with Crippen molar-refractivity contribution < 1.29 is 4.74 Å². The SMILES string of the molecule is COc1ccnc(N(Cc2ccccc2N)C2CC2)n1. The molecule has 0 spiro atoms. The fraction of sp³-hybridized carbons (Fsp3) is 0.333. The van der Waals surface area contributed by atoms with Crippen molar-refractivity contribution in [1.29, 1.82) is 0 Å². The molecule has 0 aliphatic heterocycles. The number of hydrogen-bond acceptors (Lipinski definition) is 5. The van der Waals surface area contributed by atoms with Gasteiger partial charge in [0.15, 0.2) is 0 Å². The van der Waals surface area contributed by atoms with Crippen molar-refractivity contribution in [3.63, 3.8) is 0 Å². The molecular weight excluding hydrogens is 252 g/mol. The molecule has 1 aliphatic rings. The first-order chi connectivity index (χ1) is 9.78. The highest BCUT2D eigenvalue weighted by Gasteiger charge is 2.31. The summed E-state index contributed by atoms with van der Waals surface area (Å²) in [6, 6.07) is 10.2. The number of hydrogen-bond donors (Lipinski definition) is 1. The molecule has 0 atom stereocenters. The van der Waals surface area contributed by atoms with Crippen LogP contribution >= 0.6 is 0 Å². The van der Waals surface area contributed by atoms with Crippen molar-refractivity contribution in [2.24, 2.45) is 0 Å². The molecule has 0 saturated heterocycles. The fourth-order valence-corrected chi connectivity index (χ4v) is 2.20. The highest BCUT2D eigenvalue weighted by molar-refractivity contribution is 5.49. The molecule has 0 unspecified atom stereocenters. The molecule has 5 nitrogen and oxygen atoms in total. The lowest BCUT2D eigenvalue weighted by Gasteiger charge is -2.23. The minimum Gasteiger partial charge on any atom is -0.481 e. The van der Waals surface area contributed by atoms with E-state index >= 15 is 0 Å². The first kappa shape index (κ1) is 12.7.